The predicted molar refractivity (Wildman–Crippen MR) is 77.8 cm³/mol. The van der Waals surface area contributed by atoms with Gasteiger partial charge >= 0.3 is 0 Å². The van der Waals surface area contributed by atoms with E-state index in [9.17, 15) is 5.11 Å². The van der Waals surface area contributed by atoms with Crippen molar-refractivity contribution in [2.24, 2.45) is 11.8 Å². The molecule has 0 amide bonds. The Kier molecular flexibility index (Phi) is 4.67. The van der Waals surface area contributed by atoms with Gasteiger partial charge in [0.15, 0.2) is 0 Å². The average molecular weight is 264 g/mol. The number of hydrogen-bond donors (Lipinski definition) is 1. The Morgan fingerprint density at radius 2 is 2.21 bits per heavy atom. The highest BCUT2D eigenvalue weighted by Gasteiger charge is 2.35. The van der Waals surface area contributed by atoms with Crippen LogP contribution in [0.3, 0.4) is 0 Å². The van der Waals surface area contributed by atoms with Gasteiger partial charge in [0.05, 0.1) is 5.69 Å². The van der Waals surface area contributed by atoms with Crippen molar-refractivity contribution in [2.75, 3.05) is 0 Å². The molecule has 2 unspecified atom stereocenters. The fraction of sp³-hybridized carbons (Fsp3) is 0.812. The second-order valence-corrected chi connectivity index (χ2v) is 6.41. The predicted octanol–water partition coefficient (Wildman–Crippen LogP) is 3.72. The molecule has 0 spiro atoms. The van der Waals surface area contributed by atoms with Crippen molar-refractivity contribution in [1.82, 2.24) is 9.78 Å². The summed E-state index contributed by atoms with van der Waals surface area (Å²) in [5, 5.41) is 15.4. The van der Waals surface area contributed by atoms with Crippen LogP contribution >= 0.6 is 0 Å². The lowest BCUT2D eigenvalue weighted by molar-refractivity contribution is 0.0102. The molecule has 0 aromatic carbocycles. The molecule has 2 atom stereocenters. The molecule has 1 aromatic heterocycles. The Balaban J connectivity index is 2.15. The summed E-state index contributed by atoms with van der Waals surface area (Å²) in [7, 11) is 0. The third-order valence-corrected chi connectivity index (χ3v) is 4.67. The van der Waals surface area contributed by atoms with Crippen molar-refractivity contribution in [3.63, 3.8) is 0 Å². The molecule has 1 saturated carbocycles. The van der Waals surface area contributed by atoms with Gasteiger partial charge in [0.2, 0.25) is 0 Å². The first-order chi connectivity index (χ1) is 9.07. The van der Waals surface area contributed by atoms with Gasteiger partial charge in [-0.3, -0.25) is 4.68 Å². The van der Waals surface area contributed by atoms with Crippen molar-refractivity contribution >= 4 is 0 Å². The lowest BCUT2D eigenvalue weighted by Crippen LogP contribution is -2.29. The quantitative estimate of drug-likeness (QED) is 0.842. The van der Waals surface area contributed by atoms with Crippen molar-refractivity contribution in [2.45, 2.75) is 71.4 Å². The average Bonchev–Trinajstić information content (AvgIpc) is 2.73. The normalized spacial score (nSPS) is 28.6. The molecule has 3 nitrogen and oxygen atoms in total. The van der Waals surface area contributed by atoms with E-state index in [1.54, 1.807) is 0 Å². The second kappa shape index (κ2) is 6.08. The maximum absolute atomic E-state index is 11.1. The zero-order chi connectivity index (χ0) is 13.9. The van der Waals surface area contributed by atoms with Crippen LogP contribution in [0.5, 0.6) is 0 Å². The van der Waals surface area contributed by atoms with Crippen LogP contribution in [0.25, 0.3) is 0 Å². The fourth-order valence-electron chi connectivity index (χ4n) is 3.39. The molecule has 0 saturated heterocycles. The molecule has 0 bridgehead atoms. The SMILES string of the molecule is CCCn1nccc1C1(O)CCCC(C(C)C)CC1. The number of aryl methyl sites for hydroxylation is 1. The summed E-state index contributed by atoms with van der Waals surface area (Å²) < 4.78 is 2.00. The van der Waals surface area contributed by atoms with Crippen molar-refractivity contribution in [3.8, 4) is 0 Å². The van der Waals surface area contributed by atoms with Crippen LogP contribution in [0.1, 0.15) is 65.0 Å². The van der Waals surface area contributed by atoms with Gasteiger partial charge < -0.3 is 5.11 Å². The summed E-state index contributed by atoms with van der Waals surface area (Å²) in [5.41, 5.74) is 0.369. The molecule has 0 radical (unpaired) electrons. The molecule has 1 aromatic rings. The lowest BCUT2D eigenvalue weighted by Gasteiger charge is -2.28. The second-order valence-electron chi connectivity index (χ2n) is 6.41. The summed E-state index contributed by atoms with van der Waals surface area (Å²) >= 11 is 0. The van der Waals surface area contributed by atoms with Crippen LogP contribution < -0.4 is 0 Å². The van der Waals surface area contributed by atoms with Crippen LogP contribution in [-0.2, 0) is 12.1 Å². The molecular weight excluding hydrogens is 236 g/mol. The van der Waals surface area contributed by atoms with Gasteiger partial charge in [-0.1, -0.05) is 27.2 Å². The first-order valence-electron chi connectivity index (χ1n) is 7.81. The van der Waals surface area contributed by atoms with Crippen molar-refractivity contribution in [3.05, 3.63) is 18.0 Å². The molecule has 1 N–H and O–H groups in total. The first-order valence-corrected chi connectivity index (χ1v) is 7.81. The van der Waals surface area contributed by atoms with Gasteiger partial charge in [0.25, 0.3) is 0 Å². The van der Waals surface area contributed by atoms with Gasteiger partial charge in [0.1, 0.15) is 5.60 Å². The maximum Gasteiger partial charge on any atom is 0.106 e. The highest BCUT2D eigenvalue weighted by molar-refractivity contribution is 5.12. The minimum Gasteiger partial charge on any atom is -0.384 e. The highest BCUT2D eigenvalue weighted by Crippen LogP contribution is 2.39. The monoisotopic (exact) mass is 264 g/mol. The lowest BCUT2D eigenvalue weighted by atomic mass is 9.87. The smallest absolute Gasteiger partial charge is 0.106 e. The molecule has 1 aliphatic carbocycles. The van der Waals surface area contributed by atoms with E-state index >= 15 is 0 Å². The van der Waals surface area contributed by atoms with E-state index in [-0.39, 0.29) is 0 Å². The van der Waals surface area contributed by atoms with Gasteiger partial charge in [-0.15, -0.1) is 0 Å². The maximum atomic E-state index is 11.1. The summed E-state index contributed by atoms with van der Waals surface area (Å²) in [6.45, 7) is 7.66. The van der Waals surface area contributed by atoms with Gasteiger partial charge in [-0.05, 0) is 50.0 Å². The Bertz CT molecular complexity index is 399. The number of aromatic nitrogens is 2. The van der Waals surface area contributed by atoms with E-state index in [1.165, 1.54) is 6.42 Å². The molecule has 108 valence electrons. The van der Waals surface area contributed by atoms with Gasteiger partial charge in [0, 0.05) is 12.7 Å². The van der Waals surface area contributed by atoms with Crippen LogP contribution in [0, 0.1) is 11.8 Å². The number of hydrogen-bond acceptors (Lipinski definition) is 2. The minimum atomic E-state index is -0.657. The summed E-state index contributed by atoms with van der Waals surface area (Å²) in [4.78, 5) is 0. The topological polar surface area (TPSA) is 38.0 Å². The highest BCUT2D eigenvalue weighted by atomic mass is 16.3. The first kappa shape index (κ1) is 14.6. The van der Waals surface area contributed by atoms with Crippen molar-refractivity contribution < 1.29 is 5.11 Å². The third-order valence-electron chi connectivity index (χ3n) is 4.67. The van der Waals surface area contributed by atoms with E-state index in [1.807, 2.05) is 16.9 Å². The van der Waals surface area contributed by atoms with Crippen LogP contribution in [0.2, 0.25) is 0 Å². The largest absolute Gasteiger partial charge is 0.384 e. The Labute approximate surface area is 117 Å². The van der Waals surface area contributed by atoms with E-state index in [0.29, 0.717) is 0 Å². The van der Waals surface area contributed by atoms with E-state index < -0.39 is 5.60 Å². The summed E-state index contributed by atoms with van der Waals surface area (Å²) in [6, 6.07) is 2.01. The molecule has 19 heavy (non-hydrogen) atoms. The Morgan fingerprint density at radius 3 is 2.89 bits per heavy atom. The number of nitrogens with zero attached hydrogens (tertiary/aromatic N) is 2. The van der Waals surface area contributed by atoms with Gasteiger partial charge in [-0.25, -0.2) is 0 Å². The fourth-order valence-corrected chi connectivity index (χ4v) is 3.39. The van der Waals surface area contributed by atoms with E-state index in [0.717, 1.165) is 56.2 Å². The van der Waals surface area contributed by atoms with E-state index in [2.05, 4.69) is 25.9 Å². The molecular formula is C16H28N2O. The van der Waals surface area contributed by atoms with Crippen LogP contribution in [-0.4, -0.2) is 14.9 Å². The van der Waals surface area contributed by atoms with Crippen molar-refractivity contribution in [1.29, 1.82) is 0 Å². The summed E-state index contributed by atoms with van der Waals surface area (Å²) in [5.74, 6) is 1.49. The van der Waals surface area contributed by atoms with Crippen LogP contribution in [0.15, 0.2) is 12.3 Å². The summed E-state index contributed by atoms with van der Waals surface area (Å²) in [6.07, 6.45) is 8.15. The zero-order valence-corrected chi connectivity index (χ0v) is 12.6. The molecule has 3 heteroatoms. The number of rotatable bonds is 4. The van der Waals surface area contributed by atoms with E-state index in [4.69, 9.17) is 0 Å². The van der Waals surface area contributed by atoms with Crippen LogP contribution in [0.4, 0.5) is 0 Å². The van der Waals surface area contributed by atoms with Gasteiger partial charge in [-0.2, -0.15) is 5.10 Å². The molecule has 2 rings (SSSR count). The Hall–Kier alpha value is -0.830. The standard InChI is InChI=1S/C16H28N2O/c1-4-12-18-15(8-11-17-18)16(19)9-5-6-14(7-10-16)13(2)3/h8,11,13-14,19H,4-7,9-10,12H2,1-3H3. The zero-order valence-electron chi connectivity index (χ0n) is 12.6. The minimum absolute atomic E-state index is 0.657. The molecule has 0 aliphatic heterocycles. The third kappa shape index (κ3) is 3.19. The Morgan fingerprint density at radius 1 is 1.42 bits per heavy atom. The molecule has 1 fully saturated rings. The molecule has 1 heterocycles. The molecule has 1 aliphatic rings. The number of aliphatic hydroxyl groups is 1.